The Bertz CT molecular complexity index is 1570. The molecule has 1 saturated heterocycles. The second-order valence-electron chi connectivity index (χ2n) is 9.68. The summed E-state index contributed by atoms with van der Waals surface area (Å²) in [7, 11) is 1.74. The number of hydrogen-bond acceptors (Lipinski definition) is 8. The number of nitrogens with one attached hydrogen (secondary N) is 1. The molecule has 4 aromatic rings. The van der Waals surface area contributed by atoms with Crippen LogP contribution >= 0.6 is 24.0 Å². The Labute approximate surface area is 246 Å². The smallest absolute Gasteiger partial charge is 0.253 e. The van der Waals surface area contributed by atoms with Crippen LogP contribution in [0.5, 0.6) is 0 Å². The molecule has 2 atom stereocenters. The van der Waals surface area contributed by atoms with Crippen LogP contribution in [0.15, 0.2) is 96.7 Å². The number of carbonyl (C=O) groups is 2. The van der Waals surface area contributed by atoms with E-state index in [9.17, 15) is 9.59 Å². The Kier molecular flexibility index (Phi) is 7.62. The van der Waals surface area contributed by atoms with Gasteiger partial charge >= 0.3 is 0 Å². The number of aromatic nitrogens is 4. The molecule has 1 aromatic heterocycles. The van der Waals surface area contributed by atoms with Gasteiger partial charge in [0.15, 0.2) is 5.82 Å². The molecule has 0 saturated carbocycles. The van der Waals surface area contributed by atoms with Crippen molar-refractivity contribution >= 4 is 46.4 Å². The third-order valence-corrected chi connectivity index (χ3v) is 8.57. The van der Waals surface area contributed by atoms with Gasteiger partial charge in [-0.25, -0.2) is 4.68 Å². The molecule has 0 radical (unpaired) electrons. The van der Waals surface area contributed by atoms with Gasteiger partial charge in [-0.05, 0) is 39.3 Å². The zero-order valence-electron chi connectivity index (χ0n) is 22.1. The van der Waals surface area contributed by atoms with E-state index in [0.29, 0.717) is 22.8 Å². The minimum atomic E-state index is -0.674. The summed E-state index contributed by atoms with van der Waals surface area (Å²) in [5, 5.41) is 14.7. The van der Waals surface area contributed by atoms with E-state index in [1.54, 1.807) is 16.6 Å². The highest BCUT2D eigenvalue weighted by molar-refractivity contribution is 8.00. The summed E-state index contributed by atoms with van der Waals surface area (Å²) in [6.07, 6.45) is -0.306. The third-order valence-electron chi connectivity index (χ3n) is 7.01. The van der Waals surface area contributed by atoms with E-state index in [0.717, 1.165) is 16.7 Å². The van der Waals surface area contributed by atoms with Gasteiger partial charge in [0.2, 0.25) is 11.0 Å². The number of fused-ring (bicyclic) bond motifs is 1. The number of ether oxygens (including phenoxy) is 1. The van der Waals surface area contributed by atoms with Gasteiger partial charge in [0.1, 0.15) is 23.2 Å². The van der Waals surface area contributed by atoms with Gasteiger partial charge in [-0.2, -0.15) is 0 Å². The summed E-state index contributed by atoms with van der Waals surface area (Å²) in [5.74, 6) is 0.509. The fourth-order valence-electron chi connectivity index (χ4n) is 5.02. The molecule has 2 aliphatic rings. The highest BCUT2D eigenvalue weighted by Crippen LogP contribution is 2.44. The highest BCUT2D eigenvalue weighted by Gasteiger charge is 2.54. The van der Waals surface area contributed by atoms with Gasteiger partial charge in [-0.15, -0.1) is 16.9 Å². The van der Waals surface area contributed by atoms with E-state index in [-0.39, 0.29) is 28.7 Å². The number of nitrogens with zero attached hydrogens (tertiary/aromatic N) is 5. The summed E-state index contributed by atoms with van der Waals surface area (Å²) in [6.45, 7) is 0. The lowest BCUT2D eigenvalue weighted by atomic mass is 10.0. The molecule has 0 aliphatic carbocycles. The Hall–Kier alpha value is -4.35. The molecule has 1 fully saturated rings. The normalized spacial score (nSPS) is 18.1. The summed E-state index contributed by atoms with van der Waals surface area (Å²) < 4.78 is 8.08. The molecule has 2 aliphatic heterocycles. The van der Waals surface area contributed by atoms with Gasteiger partial charge in [0.05, 0.1) is 6.42 Å². The Morgan fingerprint density at radius 1 is 1.02 bits per heavy atom. The van der Waals surface area contributed by atoms with Crippen molar-refractivity contribution in [1.29, 1.82) is 0 Å². The number of carbonyl (C=O) groups excluding carboxylic acids is 2. The van der Waals surface area contributed by atoms with Crippen LogP contribution in [-0.2, 0) is 27.8 Å². The van der Waals surface area contributed by atoms with Gasteiger partial charge in [0, 0.05) is 18.4 Å². The molecule has 0 spiro atoms. The van der Waals surface area contributed by atoms with E-state index >= 15 is 0 Å². The van der Waals surface area contributed by atoms with Crippen LogP contribution in [0.4, 0.5) is 0 Å². The van der Waals surface area contributed by atoms with Crippen LogP contribution in [0.1, 0.15) is 28.6 Å². The first-order valence-corrected chi connectivity index (χ1v) is 14.5. The minimum absolute atomic E-state index is 0.161. The predicted octanol–water partition coefficient (Wildman–Crippen LogP) is 3.70. The fourth-order valence-corrected chi connectivity index (χ4v) is 6.67. The second kappa shape index (κ2) is 11.6. The van der Waals surface area contributed by atoms with Crippen molar-refractivity contribution < 1.29 is 14.3 Å². The summed E-state index contributed by atoms with van der Waals surface area (Å²) in [4.78, 5) is 28.0. The summed E-state index contributed by atoms with van der Waals surface area (Å²) in [5.41, 5.74) is 3.88. The first kappa shape index (κ1) is 26.9. The predicted molar refractivity (Wildman–Crippen MR) is 159 cm³/mol. The number of thiocarbonyl (C=S) groups is 1. The lowest BCUT2D eigenvalue weighted by Gasteiger charge is -2.50. The Morgan fingerprint density at radius 3 is 2.22 bits per heavy atom. The maximum absolute atomic E-state index is 13.6. The molecule has 11 heteroatoms. The minimum Gasteiger partial charge on any atom is -0.469 e. The molecule has 206 valence electrons. The first-order valence-electron chi connectivity index (χ1n) is 13.1. The molecule has 0 unspecified atom stereocenters. The molecule has 41 heavy (non-hydrogen) atoms. The number of β-lactam (4-membered cyclic amide) rings is 1. The fraction of sp³-hybridized carbons (Fsp3) is 0.200. The Morgan fingerprint density at radius 2 is 1.63 bits per heavy atom. The van der Waals surface area contributed by atoms with E-state index < -0.39 is 12.1 Å². The maximum Gasteiger partial charge on any atom is 0.253 e. The zero-order valence-corrected chi connectivity index (χ0v) is 23.7. The quantitative estimate of drug-likeness (QED) is 0.248. The van der Waals surface area contributed by atoms with Crippen molar-refractivity contribution in [3.63, 3.8) is 0 Å². The van der Waals surface area contributed by atoms with Crippen molar-refractivity contribution in [2.45, 2.75) is 23.9 Å². The number of benzene rings is 3. The molecule has 0 bridgehead atoms. The molecule has 3 aromatic carbocycles. The molecule has 6 rings (SSSR count). The van der Waals surface area contributed by atoms with Crippen molar-refractivity contribution in [1.82, 2.24) is 30.4 Å². The van der Waals surface area contributed by atoms with Crippen LogP contribution in [0.3, 0.4) is 0 Å². The van der Waals surface area contributed by atoms with Crippen LogP contribution < -0.4 is 5.32 Å². The molecule has 9 nitrogen and oxygen atoms in total. The first-order chi connectivity index (χ1) is 20.0. The lowest BCUT2D eigenvalue weighted by Crippen LogP contribution is -2.70. The van der Waals surface area contributed by atoms with Gasteiger partial charge in [-0.1, -0.05) is 91.0 Å². The second-order valence-corrected chi connectivity index (χ2v) is 11.2. The molecule has 1 N–H and O–H groups in total. The molecule has 2 amide bonds. The molecular weight excluding hydrogens is 557 g/mol. The molecule has 3 heterocycles. The van der Waals surface area contributed by atoms with E-state index in [1.807, 2.05) is 91.0 Å². The van der Waals surface area contributed by atoms with Crippen molar-refractivity contribution in [2.75, 3.05) is 5.75 Å². The SMILES string of the molecule is Cn1nnnc1C1=C(C(=S)OC(c2ccccc2)c2ccccc2)N2C(=O)[C@@H](NC(=O)Cc3ccccc3)[C@H]2SC1. The lowest BCUT2D eigenvalue weighted by molar-refractivity contribution is -0.145. The maximum atomic E-state index is 13.6. The van der Waals surface area contributed by atoms with Gasteiger partial charge in [0.25, 0.3) is 5.91 Å². The van der Waals surface area contributed by atoms with Gasteiger partial charge in [-0.3, -0.25) is 14.5 Å². The van der Waals surface area contributed by atoms with Crippen LogP contribution in [0.25, 0.3) is 5.57 Å². The number of tetrazole rings is 1. The summed E-state index contributed by atoms with van der Waals surface area (Å²) in [6, 6.07) is 28.4. The largest absolute Gasteiger partial charge is 0.469 e. The number of amides is 2. The number of aryl methyl sites for hydroxylation is 1. The van der Waals surface area contributed by atoms with Gasteiger partial charge < -0.3 is 10.1 Å². The zero-order chi connectivity index (χ0) is 28.3. The highest BCUT2D eigenvalue weighted by atomic mass is 32.2. The Balaban J connectivity index is 1.30. The number of hydrogen-bond donors (Lipinski definition) is 1. The van der Waals surface area contributed by atoms with Crippen molar-refractivity contribution in [3.8, 4) is 0 Å². The monoisotopic (exact) mass is 582 g/mol. The summed E-state index contributed by atoms with van der Waals surface area (Å²) >= 11 is 7.46. The number of rotatable bonds is 8. The topological polar surface area (TPSA) is 102 Å². The van der Waals surface area contributed by atoms with Crippen molar-refractivity contribution in [2.24, 2.45) is 7.05 Å². The van der Waals surface area contributed by atoms with E-state index in [1.165, 1.54) is 11.8 Å². The standard InChI is InChI=1S/C30H26N6O3S2/c1-35-27(32-33-34-35)22-18-41-29-24(31-23(37)17-19-11-5-2-6-12-19)28(38)36(29)25(22)30(40)39-26(20-13-7-3-8-14-20)21-15-9-4-10-16-21/h2-16,24,26,29H,17-18H2,1H3,(H,31,37)/t24-,29-/m1/s1. The third kappa shape index (κ3) is 5.38. The van der Waals surface area contributed by atoms with Crippen LogP contribution in [0.2, 0.25) is 0 Å². The average Bonchev–Trinajstić information content (AvgIpc) is 3.44. The van der Waals surface area contributed by atoms with Crippen LogP contribution in [0, 0.1) is 0 Å². The van der Waals surface area contributed by atoms with E-state index in [4.69, 9.17) is 17.0 Å². The molecular formula is C30H26N6O3S2. The van der Waals surface area contributed by atoms with E-state index in [2.05, 4.69) is 20.8 Å². The van der Waals surface area contributed by atoms with Crippen LogP contribution in [-0.4, -0.2) is 59.1 Å². The average molecular weight is 583 g/mol. The van der Waals surface area contributed by atoms with Crippen molar-refractivity contribution in [3.05, 3.63) is 119 Å². The number of thioether (sulfide) groups is 1.